The summed E-state index contributed by atoms with van der Waals surface area (Å²) < 4.78 is 13.3. The second-order valence-corrected chi connectivity index (χ2v) is 5.37. The van der Waals surface area contributed by atoms with Crippen LogP contribution in [0.2, 0.25) is 0 Å². The first kappa shape index (κ1) is 14.8. The summed E-state index contributed by atoms with van der Waals surface area (Å²) in [6.45, 7) is 1.47. The summed E-state index contributed by atoms with van der Waals surface area (Å²) in [6, 6.07) is 3.45. The minimum atomic E-state index is -0.496. The molecule has 2 N–H and O–H groups in total. The normalized spacial score (nSPS) is 14.2. The number of amides is 3. The van der Waals surface area contributed by atoms with E-state index >= 15 is 0 Å². The summed E-state index contributed by atoms with van der Waals surface area (Å²) >= 11 is 3.15. The molecule has 0 saturated carbocycles. The molecule has 0 bridgehead atoms. The highest BCUT2D eigenvalue weighted by molar-refractivity contribution is 9.10. The monoisotopic (exact) mass is 343 g/mol. The van der Waals surface area contributed by atoms with Crippen LogP contribution in [0.1, 0.15) is 12.8 Å². The Kier molecular flexibility index (Phi) is 4.94. The number of carbonyl (C=O) groups is 2. The molecule has 0 radical (unpaired) electrons. The number of anilines is 1. The fraction of sp³-hybridized carbons (Fsp3) is 0.385. The first-order chi connectivity index (χ1) is 9.56. The van der Waals surface area contributed by atoms with Crippen molar-refractivity contribution in [2.75, 3.05) is 25.0 Å². The van der Waals surface area contributed by atoms with Gasteiger partial charge in [0.2, 0.25) is 5.91 Å². The molecular formula is C13H15BrFN3O2. The number of nitrogens with one attached hydrogen (secondary N) is 2. The quantitative estimate of drug-likeness (QED) is 0.884. The molecule has 0 unspecified atom stereocenters. The van der Waals surface area contributed by atoms with Gasteiger partial charge in [0.05, 0.1) is 12.2 Å². The minimum absolute atomic E-state index is 0.0371. The molecule has 1 saturated heterocycles. The summed E-state index contributed by atoms with van der Waals surface area (Å²) in [5, 5.41) is 5.04. The molecule has 0 spiro atoms. The van der Waals surface area contributed by atoms with Crippen molar-refractivity contribution in [3.05, 3.63) is 28.5 Å². The zero-order valence-electron chi connectivity index (χ0n) is 10.8. The van der Waals surface area contributed by atoms with Crippen molar-refractivity contribution in [2.45, 2.75) is 12.8 Å². The molecule has 7 heteroatoms. The second-order valence-electron chi connectivity index (χ2n) is 4.52. The van der Waals surface area contributed by atoms with Crippen LogP contribution >= 0.6 is 15.9 Å². The maximum atomic E-state index is 12.9. The van der Waals surface area contributed by atoms with E-state index in [1.165, 1.54) is 18.2 Å². The largest absolute Gasteiger partial charge is 0.341 e. The Bertz CT molecular complexity index is 518. The van der Waals surface area contributed by atoms with Crippen LogP contribution in [0.4, 0.5) is 14.9 Å². The molecule has 3 amide bonds. The number of benzene rings is 1. The SMILES string of the molecule is O=C(NCC(=O)N1CCCC1)Nc1ccc(F)cc1Br. The van der Waals surface area contributed by atoms with Crippen molar-refractivity contribution < 1.29 is 14.0 Å². The van der Waals surface area contributed by atoms with Gasteiger partial charge >= 0.3 is 6.03 Å². The first-order valence-electron chi connectivity index (χ1n) is 6.34. The maximum absolute atomic E-state index is 12.9. The van der Waals surface area contributed by atoms with Crippen LogP contribution in [0.3, 0.4) is 0 Å². The number of rotatable bonds is 3. The molecule has 0 aromatic heterocycles. The van der Waals surface area contributed by atoms with Gasteiger partial charge in [-0.1, -0.05) is 0 Å². The van der Waals surface area contributed by atoms with Gasteiger partial charge < -0.3 is 15.5 Å². The average molecular weight is 344 g/mol. The van der Waals surface area contributed by atoms with E-state index in [0.29, 0.717) is 10.2 Å². The van der Waals surface area contributed by atoms with E-state index in [9.17, 15) is 14.0 Å². The fourth-order valence-electron chi connectivity index (χ4n) is 1.99. The zero-order chi connectivity index (χ0) is 14.5. The van der Waals surface area contributed by atoms with Gasteiger partial charge in [0.1, 0.15) is 5.82 Å². The maximum Gasteiger partial charge on any atom is 0.319 e. The number of hydrogen-bond acceptors (Lipinski definition) is 2. The van der Waals surface area contributed by atoms with Crippen LogP contribution in [0.25, 0.3) is 0 Å². The van der Waals surface area contributed by atoms with Crippen molar-refractivity contribution in [1.82, 2.24) is 10.2 Å². The van der Waals surface area contributed by atoms with Crippen molar-refractivity contribution in [1.29, 1.82) is 0 Å². The fourth-order valence-corrected chi connectivity index (χ4v) is 2.44. The highest BCUT2D eigenvalue weighted by Gasteiger charge is 2.18. The van der Waals surface area contributed by atoms with E-state index in [1.54, 1.807) is 4.90 Å². The highest BCUT2D eigenvalue weighted by atomic mass is 79.9. The van der Waals surface area contributed by atoms with Crippen LogP contribution in [-0.4, -0.2) is 36.5 Å². The molecule has 1 fully saturated rings. The Morgan fingerprint density at radius 3 is 2.65 bits per heavy atom. The van der Waals surface area contributed by atoms with E-state index < -0.39 is 11.8 Å². The van der Waals surface area contributed by atoms with Gasteiger partial charge in [-0.15, -0.1) is 0 Å². The molecule has 1 heterocycles. The summed E-state index contributed by atoms with van der Waals surface area (Å²) in [5.41, 5.74) is 0.442. The van der Waals surface area contributed by atoms with E-state index in [0.717, 1.165) is 25.9 Å². The molecule has 1 aliphatic rings. The van der Waals surface area contributed by atoms with Crippen LogP contribution in [0, 0.1) is 5.82 Å². The summed E-state index contributed by atoms with van der Waals surface area (Å²) in [7, 11) is 0. The number of hydrogen-bond donors (Lipinski definition) is 2. The lowest BCUT2D eigenvalue weighted by atomic mass is 10.3. The zero-order valence-corrected chi connectivity index (χ0v) is 12.4. The van der Waals surface area contributed by atoms with Crippen LogP contribution < -0.4 is 10.6 Å². The standard InChI is InChI=1S/C13H15BrFN3O2/c14-10-7-9(15)3-4-11(10)17-13(20)16-8-12(19)18-5-1-2-6-18/h3-4,7H,1-2,5-6,8H2,(H2,16,17,20). The van der Waals surface area contributed by atoms with Crippen LogP contribution in [-0.2, 0) is 4.79 Å². The van der Waals surface area contributed by atoms with Gasteiger partial charge in [0.15, 0.2) is 0 Å². The van der Waals surface area contributed by atoms with E-state index in [4.69, 9.17) is 0 Å². The van der Waals surface area contributed by atoms with E-state index in [1.807, 2.05) is 0 Å². The Hall–Kier alpha value is -1.63. The van der Waals surface area contributed by atoms with Crippen molar-refractivity contribution in [3.63, 3.8) is 0 Å². The van der Waals surface area contributed by atoms with Gasteiger partial charge in [0, 0.05) is 17.6 Å². The summed E-state index contributed by atoms with van der Waals surface area (Å²) in [4.78, 5) is 25.1. The van der Waals surface area contributed by atoms with Crippen LogP contribution in [0.15, 0.2) is 22.7 Å². The van der Waals surface area contributed by atoms with Crippen molar-refractivity contribution in [2.24, 2.45) is 0 Å². The molecule has 1 aromatic rings. The van der Waals surface area contributed by atoms with Gasteiger partial charge in [-0.05, 0) is 47.0 Å². The Labute approximate surface area is 124 Å². The van der Waals surface area contributed by atoms with Gasteiger partial charge in [-0.3, -0.25) is 4.79 Å². The molecule has 20 heavy (non-hydrogen) atoms. The molecule has 0 atom stereocenters. The lowest BCUT2D eigenvalue weighted by Crippen LogP contribution is -2.40. The summed E-state index contributed by atoms with van der Waals surface area (Å²) in [6.07, 6.45) is 2.03. The summed E-state index contributed by atoms with van der Waals surface area (Å²) in [5.74, 6) is -0.483. The third-order valence-corrected chi connectivity index (χ3v) is 3.69. The molecule has 108 valence electrons. The molecular weight excluding hydrogens is 329 g/mol. The predicted molar refractivity (Wildman–Crippen MR) is 76.9 cm³/mol. The molecule has 1 aliphatic heterocycles. The van der Waals surface area contributed by atoms with Gasteiger partial charge in [-0.25, -0.2) is 9.18 Å². The molecule has 5 nitrogen and oxygen atoms in total. The minimum Gasteiger partial charge on any atom is -0.341 e. The smallest absolute Gasteiger partial charge is 0.319 e. The Morgan fingerprint density at radius 2 is 2.00 bits per heavy atom. The predicted octanol–water partition coefficient (Wildman–Crippen LogP) is 2.33. The van der Waals surface area contributed by atoms with E-state index in [-0.39, 0.29) is 12.5 Å². The molecule has 2 rings (SSSR count). The number of halogens is 2. The van der Waals surface area contributed by atoms with Crippen molar-refractivity contribution >= 4 is 33.6 Å². The molecule has 0 aliphatic carbocycles. The average Bonchev–Trinajstić information content (AvgIpc) is 2.93. The number of likely N-dealkylation sites (tertiary alicyclic amines) is 1. The van der Waals surface area contributed by atoms with Gasteiger partial charge in [-0.2, -0.15) is 0 Å². The van der Waals surface area contributed by atoms with Gasteiger partial charge in [0.25, 0.3) is 0 Å². The van der Waals surface area contributed by atoms with Crippen molar-refractivity contribution in [3.8, 4) is 0 Å². The number of carbonyl (C=O) groups excluding carboxylic acids is 2. The third kappa shape index (κ3) is 3.93. The third-order valence-electron chi connectivity index (χ3n) is 3.04. The Balaban J connectivity index is 1.81. The lowest BCUT2D eigenvalue weighted by Gasteiger charge is -2.15. The van der Waals surface area contributed by atoms with E-state index in [2.05, 4.69) is 26.6 Å². The first-order valence-corrected chi connectivity index (χ1v) is 7.13. The topological polar surface area (TPSA) is 61.4 Å². The Morgan fingerprint density at radius 1 is 1.30 bits per heavy atom. The number of nitrogens with zero attached hydrogens (tertiary/aromatic N) is 1. The van der Waals surface area contributed by atoms with Crippen LogP contribution in [0.5, 0.6) is 0 Å². The molecule has 1 aromatic carbocycles. The number of urea groups is 1. The highest BCUT2D eigenvalue weighted by Crippen LogP contribution is 2.22. The lowest BCUT2D eigenvalue weighted by molar-refractivity contribution is -0.128. The second kappa shape index (κ2) is 6.69.